The Bertz CT molecular complexity index is 295. The molecule has 2 rings (SSSR count). The van der Waals surface area contributed by atoms with Crippen molar-refractivity contribution in [1.29, 1.82) is 0 Å². The third-order valence-corrected chi connectivity index (χ3v) is 2.70. The number of likely N-dealkylation sites (N-methyl/N-ethyl adjacent to an activating group) is 1. The molecule has 1 fully saturated rings. The smallest absolute Gasteiger partial charge is 0.158 e. The predicted molar refractivity (Wildman–Crippen MR) is 51.6 cm³/mol. The van der Waals surface area contributed by atoms with E-state index in [-0.39, 0.29) is 6.61 Å². The van der Waals surface area contributed by atoms with E-state index in [0.29, 0.717) is 5.82 Å². The van der Waals surface area contributed by atoms with Crippen LogP contribution in [0, 0.1) is 0 Å². The molecule has 0 spiro atoms. The Labute approximate surface area is 83.4 Å². The van der Waals surface area contributed by atoms with E-state index in [1.54, 1.807) is 6.33 Å². The van der Waals surface area contributed by atoms with Crippen molar-refractivity contribution in [2.75, 3.05) is 13.6 Å². The highest BCUT2D eigenvalue weighted by molar-refractivity contribution is 4.85. The van der Waals surface area contributed by atoms with Gasteiger partial charge in [0.05, 0.1) is 0 Å². The monoisotopic (exact) mass is 196 g/mol. The zero-order valence-corrected chi connectivity index (χ0v) is 8.43. The highest BCUT2D eigenvalue weighted by Gasteiger charge is 2.25. The first-order chi connectivity index (χ1) is 6.81. The third kappa shape index (κ3) is 2.10. The van der Waals surface area contributed by atoms with Crippen LogP contribution in [0.1, 0.15) is 18.7 Å². The topological polar surface area (TPSA) is 54.2 Å². The van der Waals surface area contributed by atoms with Gasteiger partial charge in [0.2, 0.25) is 0 Å². The fraction of sp³-hybridized carbons (Fsp3) is 0.778. The second kappa shape index (κ2) is 4.06. The van der Waals surface area contributed by atoms with Crippen molar-refractivity contribution in [2.24, 2.45) is 0 Å². The normalized spacial score (nSPS) is 16.5. The SMILES string of the molecule is CN(CCn1cnnc1CO)C1CC1. The molecule has 0 unspecified atom stereocenters. The molecule has 0 bridgehead atoms. The number of aliphatic hydroxyl groups is 1. The van der Waals surface area contributed by atoms with Crippen molar-refractivity contribution >= 4 is 0 Å². The molecule has 0 amide bonds. The van der Waals surface area contributed by atoms with E-state index in [0.717, 1.165) is 19.1 Å². The van der Waals surface area contributed by atoms with Crippen molar-refractivity contribution in [3.05, 3.63) is 12.2 Å². The van der Waals surface area contributed by atoms with Crippen molar-refractivity contribution in [3.8, 4) is 0 Å². The first kappa shape index (κ1) is 9.61. The first-order valence-corrected chi connectivity index (χ1v) is 4.99. The van der Waals surface area contributed by atoms with Gasteiger partial charge in [-0.05, 0) is 19.9 Å². The molecule has 1 aromatic rings. The Morgan fingerprint density at radius 3 is 3.07 bits per heavy atom. The quantitative estimate of drug-likeness (QED) is 0.712. The predicted octanol–water partition coefficient (Wildman–Crippen LogP) is -0.135. The maximum atomic E-state index is 8.96. The summed E-state index contributed by atoms with van der Waals surface area (Å²) in [5.74, 6) is 0.647. The summed E-state index contributed by atoms with van der Waals surface area (Å²) in [4.78, 5) is 2.35. The minimum absolute atomic E-state index is 0.0346. The van der Waals surface area contributed by atoms with E-state index in [1.165, 1.54) is 12.8 Å². The summed E-state index contributed by atoms with van der Waals surface area (Å²) in [6.45, 7) is 1.82. The number of aromatic nitrogens is 3. The highest BCUT2D eigenvalue weighted by Crippen LogP contribution is 2.24. The molecule has 0 aromatic carbocycles. The van der Waals surface area contributed by atoms with E-state index < -0.39 is 0 Å². The minimum Gasteiger partial charge on any atom is -0.388 e. The Morgan fingerprint density at radius 1 is 1.64 bits per heavy atom. The summed E-state index contributed by atoms with van der Waals surface area (Å²) in [7, 11) is 2.14. The molecule has 1 aliphatic carbocycles. The van der Waals surface area contributed by atoms with Gasteiger partial charge in [-0.25, -0.2) is 0 Å². The molecule has 1 aromatic heterocycles. The van der Waals surface area contributed by atoms with E-state index in [9.17, 15) is 0 Å². The lowest BCUT2D eigenvalue weighted by molar-refractivity contribution is 0.257. The fourth-order valence-electron chi connectivity index (χ4n) is 1.55. The van der Waals surface area contributed by atoms with Gasteiger partial charge in [0.1, 0.15) is 12.9 Å². The highest BCUT2D eigenvalue weighted by atomic mass is 16.3. The molecule has 14 heavy (non-hydrogen) atoms. The Morgan fingerprint density at radius 2 is 2.43 bits per heavy atom. The van der Waals surface area contributed by atoms with Crippen LogP contribution >= 0.6 is 0 Å². The fourth-order valence-corrected chi connectivity index (χ4v) is 1.55. The van der Waals surface area contributed by atoms with Gasteiger partial charge in [0.25, 0.3) is 0 Å². The zero-order valence-electron chi connectivity index (χ0n) is 8.43. The van der Waals surface area contributed by atoms with Gasteiger partial charge in [-0.2, -0.15) is 0 Å². The number of rotatable bonds is 5. The second-order valence-corrected chi connectivity index (χ2v) is 3.81. The number of hydrogen-bond donors (Lipinski definition) is 1. The Hall–Kier alpha value is -0.940. The van der Waals surface area contributed by atoms with E-state index in [1.807, 2.05) is 4.57 Å². The van der Waals surface area contributed by atoms with Crippen LogP contribution in [0.25, 0.3) is 0 Å². The molecule has 1 N–H and O–H groups in total. The average Bonchev–Trinajstić information content (AvgIpc) is 2.94. The third-order valence-electron chi connectivity index (χ3n) is 2.70. The van der Waals surface area contributed by atoms with Gasteiger partial charge < -0.3 is 14.6 Å². The standard InChI is InChI=1S/C9H16N4O/c1-12(8-2-3-8)4-5-13-7-10-11-9(13)6-14/h7-8,14H,2-6H2,1H3. The molecule has 5 heteroatoms. The van der Waals surface area contributed by atoms with Crippen LogP contribution in [-0.4, -0.2) is 44.4 Å². The maximum absolute atomic E-state index is 8.96. The van der Waals surface area contributed by atoms with Crippen LogP contribution in [0.2, 0.25) is 0 Å². The summed E-state index contributed by atoms with van der Waals surface area (Å²) in [5, 5.41) is 16.5. The van der Waals surface area contributed by atoms with Crippen LogP contribution in [0.15, 0.2) is 6.33 Å². The zero-order chi connectivity index (χ0) is 9.97. The largest absolute Gasteiger partial charge is 0.388 e. The van der Waals surface area contributed by atoms with Crippen molar-refractivity contribution in [2.45, 2.75) is 32.0 Å². The van der Waals surface area contributed by atoms with Gasteiger partial charge in [0.15, 0.2) is 5.82 Å². The number of hydrogen-bond acceptors (Lipinski definition) is 4. The minimum atomic E-state index is -0.0346. The average molecular weight is 196 g/mol. The van der Waals surface area contributed by atoms with Gasteiger partial charge in [-0.15, -0.1) is 10.2 Å². The molecule has 5 nitrogen and oxygen atoms in total. The lowest BCUT2D eigenvalue weighted by atomic mass is 10.5. The summed E-state index contributed by atoms with van der Waals surface area (Å²) in [5.41, 5.74) is 0. The van der Waals surface area contributed by atoms with Crippen molar-refractivity contribution in [1.82, 2.24) is 19.7 Å². The van der Waals surface area contributed by atoms with E-state index in [4.69, 9.17) is 5.11 Å². The molecule has 1 saturated carbocycles. The van der Waals surface area contributed by atoms with Crippen LogP contribution in [0.4, 0.5) is 0 Å². The van der Waals surface area contributed by atoms with Crippen LogP contribution in [0.5, 0.6) is 0 Å². The van der Waals surface area contributed by atoms with Crippen LogP contribution in [-0.2, 0) is 13.2 Å². The molecule has 0 radical (unpaired) electrons. The summed E-state index contributed by atoms with van der Waals surface area (Å²) in [6.07, 6.45) is 4.32. The van der Waals surface area contributed by atoms with Gasteiger partial charge in [0, 0.05) is 19.1 Å². The number of aliphatic hydroxyl groups excluding tert-OH is 1. The molecule has 1 aliphatic rings. The summed E-state index contributed by atoms with van der Waals surface area (Å²) in [6, 6.07) is 0.782. The lowest BCUT2D eigenvalue weighted by Gasteiger charge is -2.15. The molecule has 0 saturated heterocycles. The van der Waals surface area contributed by atoms with E-state index >= 15 is 0 Å². The Kier molecular flexibility index (Phi) is 2.79. The van der Waals surface area contributed by atoms with Gasteiger partial charge in [-0.1, -0.05) is 0 Å². The Balaban J connectivity index is 1.84. The molecule has 0 aliphatic heterocycles. The van der Waals surface area contributed by atoms with Gasteiger partial charge in [-0.3, -0.25) is 0 Å². The molecular weight excluding hydrogens is 180 g/mol. The number of nitrogens with zero attached hydrogens (tertiary/aromatic N) is 4. The first-order valence-electron chi connectivity index (χ1n) is 4.99. The van der Waals surface area contributed by atoms with Gasteiger partial charge >= 0.3 is 0 Å². The molecule has 0 atom stereocenters. The second-order valence-electron chi connectivity index (χ2n) is 3.81. The summed E-state index contributed by atoms with van der Waals surface area (Å²) < 4.78 is 1.90. The molecule has 1 heterocycles. The van der Waals surface area contributed by atoms with Crippen molar-refractivity contribution in [3.63, 3.8) is 0 Å². The van der Waals surface area contributed by atoms with Crippen LogP contribution in [0.3, 0.4) is 0 Å². The van der Waals surface area contributed by atoms with E-state index in [2.05, 4.69) is 22.1 Å². The molecular formula is C9H16N4O. The van der Waals surface area contributed by atoms with Crippen LogP contribution < -0.4 is 0 Å². The maximum Gasteiger partial charge on any atom is 0.158 e. The molecule has 78 valence electrons. The summed E-state index contributed by atoms with van der Waals surface area (Å²) >= 11 is 0. The van der Waals surface area contributed by atoms with Crippen molar-refractivity contribution < 1.29 is 5.11 Å². The lowest BCUT2D eigenvalue weighted by Crippen LogP contribution is -2.25.